The summed E-state index contributed by atoms with van der Waals surface area (Å²) in [5.41, 5.74) is 1.30. The smallest absolute Gasteiger partial charge is 0.257 e. The molecule has 0 aromatic heterocycles. The Bertz CT molecular complexity index is 508. The number of carbonyl (C=O) groups is 1. The first-order valence-corrected chi connectivity index (χ1v) is 8.74. The summed E-state index contributed by atoms with van der Waals surface area (Å²) in [7, 11) is 1.72. The Kier molecular flexibility index (Phi) is 9.25. The maximum absolute atomic E-state index is 12.1. The van der Waals surface area contributed by atoms with E-state index in [1.165, 1.54) is 5.56 Å². The summed E-state index contributed by atoms with van der Waals surface area (Å²) in [6.45, 7) is 7.60. The highest BCUT2D eigenvalue weighted by Gasteiger charge is 2.32. The van der Waals surface area contributed by atoms with E-state index in [0.29, 0.717) is 19.1 Å². The maximum atomic E-state index is 12.1. The Morgan fingerprint density at radius 1 is 1.24 bits per heavy atom. The molecule has 0 aliphatic carbocycles. The molecule has 2 N–H and O–H groups in total. The second-order valence-corrected chi connectivity index (χ2v) is 6.97. The van der Waals surface area contributed by atoms with Crippen molar-refractivity contribution in [2.24, 2.45) is 5.41 Å². The fourth-order valence-electron chi connectivity index (χ4n) is 3.07. The van der Waals surface area contributed by atoms with Crippen LogP contribution in [0.5, 0.6) is 5.75 Å². The minimum atomic E-state index is -0.0862. The fourth-order valence-corrected chi connectivity index (χ4v) is 3.07. The zero-order chi connectivity index (χ0) is 17.4. The van der Waals surface area contributed by atoms with Gasteiger partial charge >= 0.3 is 0 Å². The normalized spacial score (nSPS) is 16.2. The molecule has 0 saturated carbocycles. The van der Waals surface area contributed by atoms with Crippen molar-refractivity contribution in [1.82, 2.24) is 10.6 Å². The van der Waals surface area contributed by atoms with Gasteiger partial charge in [0.15, 0.2) is 6.61 Å². The molecule has 1 heterocycles. The van der Waals surface area contributed by atoms with Crippen LogP contribution in [0, 0.1) is 5.41 Å². The molecule has 1 amide bonds. The Morgan fingerprint density at radius 3 is 2.44 bits per heavy atom. The monoisotopic (exact) mass is 370 g/mol. The van der Waals surface area contributed by atoms with Crippen LogP contribution in [-0.4, -0.2) is 45.9 Å². The van der Waals surface area contributed by atoms with Crippen LogP contribution in [0.25, 0.3) is 0 Å². The van der Waals surface area contributed by atoms with Crippen LogP contribution in [0.3, 0.4) is 0 Å². The van der Waals surface area contributed by atoms with Crippen molar-refractivity contribution >= 4 is 18.3 Å². The number of methoxy groups -OCH3 is 1. The third-order valence-corrected chi connectivity index (χ3v) is 4.69. The molecule has 1 fully saturated rings. The van der Waals surface area contributed by atoms with Crippen molar-refractivity contribution in [2.45, 2.75) is 32.6 Å². The molecule has 1 saturated heterocycles. The van der Waals surface area contributed by atoms with E-state index in [2.05, 4.69) is 24.5 Å². The van der Waals surface area contributed by atoms with E-state index in [4.69, 9.17) is 9.47 Å². The van der Waals surface area contributed by atoms with Crippen LogP contribution in [0.15, 0.2) is 24.3 Å². The molecule has 1 aromatic carbocycles. The number of benzene rings is 1. The van der Waals surface area contributed by atoms with E-state index in [9.17, 15) is 4.79 Å². The SMILES string of the molecule is COCC1(CNC(=O)COc2ccc(C(C)C)cc2)CCNCC1.Cl. The molecule has 1 aliphatic rings. The third-order valence-electron chi connectivity index (χ3n) is 4.69. The summed E-state index contributed by atoms with van der Waals surface area (Å²) in [5.74, 6) is 1.13. The molecule has 142 valence electrons. The fraction of sp³-hybridized carbons (Fsp3) is 0.632. The number of ether oxygens (including phenoxy) is 2. The molecule has 0 unspecified atom stereocenters. The molecular formula is C19H31ClN2O3. The first-order valence-electron chi connectivity index (χ1n) is 8.74. The highest BCUT2D eigenvalue weighted by atomic mass is 35.5. The summed E-state index contributed by atoms with van der Waals surface area (Å²) in [5, 5.41) is 6.36. The van der Waals surface area contributed by atoms with Crippen molar-refractivity contribution in [2.75, 3.05) is 40.0 Å². The number of nitrogens with one attached hydrogen (secondary N) is 2. The van der Waals surface area contributed by atoms with E-state index in [1.807, 2.05) is 24.3 Å². The largest absolute Gasteiger partial charge is 0.484 e. The predicted octanol–water partition coefficient (Wildman–Crippen LogP) is 2.74. The van der Waals surface area contributed by atoms with Gasteiger partial charge in [0.1, 0.15) is 5.75 Å². The predicted molar refractivity (Wildman–Crippen MR) is 103 cm³/mol. The van der Waals surface area contributed by atoms with Gasteiger partial charge in [0.2, 0.25) is 0 Å². The van der Waals surface area contributed by atoms with Crippen LogP contribution in [0.2, 0.25) is 0 Å². The number of hydrogen-bond donors (Lipinski definition) is 2. The zero-order valence-electron chi connectivity index (χ0n) is 15.5. The van der Waals surface area contributed by atoms with Crippen molar-refractivity contribution in [1.29, 1.82) is 0 Å². The lowest BCUT2D eigenvalue weighted by Crippen LogP contribution is -2.47. The first-order chi connectivity index (χ1) is 11.5. The second-order valence-electron chi connectivity index (χ2n) is 6.97. The summed E-state index contributed by atoms with van der Waals surface area (Å²) >= 11 is 0. The molecule has 0 spiro atoms. The summed E-state index contributed by atoms with van der Waals surface area (Å²) in [4.78, 5) is 12.1. The molecule has 25 heavy (non-hydrogen) atoms. The molecule has 5 nitrogen and oxygen atoms in total. The first kappa shape index (κ1) is 21.7. The summed E-state index contributed by atoms with van der Waals surface area (Å²) in [6, 6.07) is 7.92. The molecule has 6 heteroatoms. The van der Waals surface area contributed by atoms with E-state index in [-0.39, 0.29) is 30.3 Å². The van der Waals surface area contributed by atoms with Crippen LogP contribution in [0.4, 0.5) is 0 Å². The molecular weight excluding hydrogens is 340 g/mol. The summed E-state index contributed by atoms with van der Waals surface area (Å²) < 4.78 is 10.9. The third kappa shape index (κ3) is 6.84. The molecule has 0 radical (unpaired) electrons. The van der Waals surface area contributed by atoms with Crippen LogP contribution >= 0.6 is 12.4 Å². The number of amides is 1. The topological polar surface area (TPSA) is 59.6 Å². The Morgan fingerprint density at radius 2 is 1.88 bits per heavy atom. The van der Waals surface area contributed by atoms with Crippen LogP contribution < -0.4 is 15.4 Å². The van der Waals surface area contributed by atoms with E-state index in [0.717, 1.165) is 31.7 Å². The average molecular weight is 371 g/mol. The van der Waals surface area contributed by atoms with Gasteiger partial charge < -0.3 is 20.1 Å². The van der Waals surface area contributed by atoms with Gasteiger partial charge in [-0.3, -0.25) is 4.79 Å². The highest BCUT2D eigenvalue weighted by Crippen LogP contribution is 2.28. The number of hydrogen-bond acceptors (Lipinski definition) is 4. The Labute approximate surface area is 157 Å². The standard InChI is InChI=1S/C19H30N2O3.ClH/c1-15(2)16-4-6-17(7-5-16)24-12-18(22)21-13-19(14-23-3)8-10-20-11-9-19;/h4-7,15,20H,8-14H2,1-3H3,(H,21,22);1H. The number of halogens is 1. The van der Waals surface area contributed by atoms with Gasteiger partial charge in [-0.05, 0) is 49.5 Å². The van der Waals surface area contributed by atoms with E-state index < -0.39 is 0 Å². The van der Waals surface area contributed by atoms with Gasteiger partial charge in [-0.15, -0.1) is 12.4 Å². The molecule has 1 aliphatic heterocycles. The van der Waals surface area contributed by atoms with Crippen molar-refractivity contribution in [3.8, 4) is 5.75 Å². The summed E-state index contributed by atoms with van der Waals surface area (Å²) in [6.07, 6.45) is 2.03. The van der Waals surface area contributed by atoms with Crippen LogP contribution in [-0.2, 0) is 9.53 Å². The molecule has 2 rings (SSSR count). The second kappa shape index (κ2) is 10.6. The van der Waals surface area contributed by atoms with Crippen molar-refractivity contribution in [3.05, 3.63) is 29.8 Å². The number of piperidine rings is 1. The van der Waals surface area contributed by atoms with E-state index >= 15 is 0 Å². The molecule has 1 aromatic rings. The van der Waals surface area contributed by atoms with Gasteiger partial charge in [0, 0.05) is 19.1 Å². The zero-order valence-corrected chi connectivity index (χ0v) is 16.3. The Balaban J connectivity index is 0.00000312. The molecule has 0 bridgehead atoms. The lowest BCUT2D eigenvalue weighted by Gasteiger charge is -2.37. The van der Waals surface area contributed by atoms with Crippen molar-refractivity contribution < 1.29 is 14.3 Å². The Hall–Kier alpha value is -1.30. The van der Waals surface area contributed by atoms with Gasteiger partial charge in [-0.1, -0.05) is 26.0 Å². The van der Waals surface area contributed by atoms with E-state index in [1.54, 1.807) is 7.11 Å². The van der Waals surface area contributed by atoms with Gasteiger partial charge in [0.25, 0.3) is 5.91 Å². The minimum absolute atomic E-state index is 0. The van der Waals surface area contributed by atoms with Gasteiger partial charge in [0.05, 0.1) is 6.61 Å². The average Bonchev–Trinajstić information content (AvgIpc) is 2.60. The minimum Gasteiger partial charge on any atom is -0.484 e. The van der Waals surface area contributed by atoms with Crippen LogP contribution in [0.1, 0.15) is 38.2 Å². The lowest BCUT2D eigenvalue weighted by molar-refractivity contribution is -0.124. The lowest BCUT2D eigenvalue weighted by atomic mass is 9.79. The van der Waals surface area contributed by atoms with Crippen molar-refractivity contribution in [3.63, 3.8) is 0 Å². The molecule has 0 atom stereocenters. The number of rotatable bonds is 8. The highest BCUT2D eigenvalue weighted by molar-refractivity contribution is 5.85. The number of carbonyl (C=O) groups excluding carboxylic acids is 1. The van der Waals surface area contributed by atoms with Gasteiger partial charge in [-0.2, -0.15) is 0 Å². The quantitative estimate of drug-likeness (QED) is 0.738. The van der Waals surface area contributed by atoms with Gasteiger partial charge in [-0.25, -0.2) is 0 Å². The maximum Gasteiger partial charge on any atom is 0.257 e.